The summed E-state index contributed by atoms with van der Waals surface area (Å²) in [6.45, 7) is 14.2. The molecule has 6 heteroatoms. The summed E-state index contributed by atoms with van der Waals surface area (Å²) in [5.41, 5.74) is 46.9. The van der Waals surface area contributed by atoms with Gasteiger partial charge < -0.3 is 0 Å². The molecule has 0 fully saturated rings. The standard InChI is InChI=1S/2C49H34N2.C43H30N2/c1-49(2)42-18-9-8-17-40(42)45-41(30-38-13-6-7-16-39(38)46(45)49)37-15-10-14-36(29-37)31-19-21-33(22-20-31)44-28-26-35-24-23-34-25-27-43(32-11-4-3-5-12-32)50-47(34)48(35)51-44;1-49(2)42-15-9-8-14-40(42)45-41(30-38-12-6-7-13-39(38)46(45)49)33-20-16-31(17-21-33)32-18-22-35(23-19-32)44-29-27-37-25-24-36-26-28-43(34-10-4-3-5-11-34)50-47(36)48(37)51-44;1-43(2)37-15-6-5-14-35(37)39-36(26-33-9-3-4-13-34(33)40(39)43)32-11-7-10-31(25-32)27-16-18-28(19-17-27)38-23-22-30-21-20-29-12-8-24-44-41(29)42(30)45-38/h2*3-30H,1-2H3;3-26H,1-2H3. The predicted molar refractivity (Wildman–Crippen MR) is 616 cm³/mol. The lowest BCUT2D eigenvalue weighted by Gasteiger charge is -2.24. The second kappa shape index (κ2) is 35.1. The molecule has 692 valence electrons. The Kier molecular flexibility index (Phi) is 20.9. The van der Waals surface area contributed by atoms with Gasteiger partial charge in [0.2, 0.25) is 0 Å². The Labute approximate surface area is 854 Å². The van der Waals surface area contributed by atoms with Crippen molar-refractivity contribution in [2.75, 3.05) is 0 Å². The summed E-state index contributed by atoms with van der Waals surface area (Å²) in [5.74, 6) is 0. The molecule has 29 rings (SSSR count). The van der Waals surface area contributed by atoms with Crippen LogP contribution >= 0.6 is 0 Å². The summed E-state index contributed by atoms with van der Waals surface area (Å²) in [6, 6.07) is 173. The van der Waals surface area contributed by atoms with Crippen LogP contribution in [0.4, 0.5) is 0 Å². The summed E-state index contributed by atoms with van der Waals surface area (Å²) in [5, 5.41) is 14.4. The van der Waals surface area contributed by atoms with Crippen molar-refractivity contribution in [2.24, 2.45) is 0 Å². The van der Waals surface area contributed by atoms with Crippen LogP contribution in [0.15, 0.2) is 485 Å². The highest BCUT2D eigenvalue weighted by atomic mass is 14.8. The number of hydrogen-bond donors (Lipinski definition) is 0. The maximum absolute atomic E-state index is 5.19. The van der Waals surface area contributed by atoms with Gasteiger partial charge in [-0.15, -0.1) is 0 Å². The lowest BCUT2D eigenvalue weighted by Crippen LogP contribution is -2.15. The van der Waals surface area contributed by atoms with E-state index in [1.807, 2.05) is 24.4 Å². The molecule has 20 aromatic carbocycles. The van der Waals surface area contributed by atoms with Crippen molar-refractivity contribution in [1.82, 2.24) is 29.9 Å². The van der Waals surface area contributed by atoms with Gasteiger partial charge in [0, 0.05) is 82.6 Å². The molecule has 0 saturated heterocycles. The smallest absolute Gasteiger partial charge is 0.0972 e. The molecule has 0 amide bonds. The molecule has 0 saturated carbocycles. The Bertz CT molecular complexity index is 9850. The van der Waals surface area contributed by atoms with Crippen LogP contribution in [0.1, 0.15) is 74.9 Å². The lowest BCUT2D eigenvalue weighted by molar-refractivity contribution is 0.666. The monoisotopic (exact) mass is 1870 g/mol. The van der Waals surface area contributed by atoms with Gasteiger partial charge in [-0.25, -0.2) is 24.9 Å². The van der Waals surface area contributed by atoms with E-state index in [9.17, 15) is 0 Å². The topological polar surface area (TPSA) is 77.3 Å². The molecule has 0 N–H and O–H groups in total. The normalized spacial score (nSPS) is 13.1. The summed E-state index contributed by atoms with van der Waals surface area (Å²) < 4.78 is 0. The Morgan fingerprint density at radius 1 is 0.150 bits per heavy atom. The number of benzene rings is 20. The number of rotatable bonds is 11. The second-order valence-electron chi connectivity index (χ2n) is 41.0. The van der Waals surface area contributed by atoms with Gasteiger partial charge in [-0.3, -0.25) is 4.98 Å². The first-order valence-corrected chi connectivity index (χ1v) is 50.9. The Balaban J connectivity index is 0.000000109. The van der Waals surface area contributed by atoms with Gasteiger partial charge in [-0.2, -0.15) is 0 Å². The van der Waals surface area contributed by atoms with Crippen LogP contribution in [-0.4, -0.2) is 29.9 Å². The molecule has 147 heavy (non-hydrogen) atoms. The van der Waals surface area contributed by atoms with Crippen molar-refractivity contribution in [3.63, 3.8) is 0 Å². The van der Waals surface area contributed by atoms with E-state index in [2.05, 4.69) is 508 Å². The minimum absolute atomic E-state index is 0.0716. The fourth-order valence-electron chi connectivity index (χ4n) is 24.0. The molecule has 0 unspecified atom stereocenters. The van der Waals surface area contributed by atoms with Gasteiger partial charge >= 0.3 is 0 Å². The quantitative estimate of drug-likeness (QED) is 0.120. The summed E-state index contributed by atoms with van der Waals surface area (Å²) in [4.78, 5) is 30.2. The van der Waals surface area contributed by atoms with E-state index in [1.165, 1.54) is 166 Å². The van der Waals surface area contributed by atoms with Gasteiger partial charge in [0.25, 0.3) is 0 Å². The number of hydrogen-bond acceptors (Lipinski definition) is 6. The first-order chi connectivity index (χ1) is 72.1. The summed E-state index contributed by atoms with van der Waals surface area (Å²) in [7, 11) is 0. The third kappa shape index (κ3) is 15.0. The zero-order valence-electron chi connectivity index (χ0n) is 82.4. The van der Waals surface area contributed by atoms with Crippen LogP contribution in [0.25, 0.3) is 254 Å². The first kappa shape index (κ1) is 87.6. The lowest BCUT2D eigenvalue weighted by atomic mass is 9.79. The van der Waals surface area contributed by atoms with Gasteiger partial charge in [-0.05, 0) is 233 Å². The Hall–Kier alpha value is -18.4. The van der Waals surface area contributed by atoms with Crippen LogP contribution in [0, 0.1) is 0 Å². The summed E-state index contributed by atoms with van der Waals surface area (Å²) >= 11 is 0. The van der Waals surface area contributed by atoms with Crippen molar-refractivity contribution in [3.05, 3.63) is 519 Å². The molecule has 6 aromatic heterocycles. The number of fused-ring (bicyclic) bond motifs is 24. The Morgan fingerprint density at radius 2 is 0.381 bits per heavy atom. The highest BCUT2D eigenvalue weighted by Gasteiger charge is 2.42. The fourth-order valence-corrected chi connectivity index (χ4v) is 24.0. The van der Waals surface area contributed by atoms with E-state index in [0.717, 1.165) is 122 Å². The largest absolute Gasteiger partial charge is 0.254 e. The maximum atomic E-state index is 5.19. The van der Waals surface area contributed by atoms with Crippen molar-refractivity contribution in [1.29, 1.82) is 0 Å². The molecule has 0 aliphatic heterocycles. The van der Waals surface area contributed by atoms with Crippen molar-refractivity contribution >= 4 is 97.7 Å². The van der Waals surface area contributed by atoms with Gasteiger partial charge in [0.05, 0.1) is 61.6 Å². The van der Waals surface area contributed by atoms with Crippen LogP contribution in [0.5, 0.6) is 0 Å². The van der Waals surface area contributed by atoms with Crippen LogP contribution in [-0.2, 0) is 16.2 Å². The average Bonchev–Trinajstić information content (AvgIpc) is 1.56. The molecule has 26 aromatic rings. The van der Waals surface area contributed by atoms with E-state index < -0.39 is 0 Å². The minimum Gasteiger partial charge on any atom is -0.254 e. The third-order valence-corrected chi connectivity index (χ3v) is 31.3. The zero-order chi connectivity index (χ0) is 98.3. The number of aromatic nitrogens is 6. The van der Waals surface area contributed by atoms with E-state index in [0.29, 0.717) is 0 Å². The van der Waals surface area contributed by atoms with Crippen molar-refractivity contribution in [3.8, 4) is 156 Å². The zero-order valence-corrected chi connectivity index (χ0v) is 82.4. The minimum atomic E-state index is -0.0850. The maximum Gasteiger partial charge on any atom is 0.0972 e. The number of nitrogens with zero attached hydrogens (tertiary/aromatic N) is 6. The van der Waals surface area contributed by atoms with Crippen LogP contribution < -0.4 is 0 Å². The molecule has 0 atom stereocenters. The van der Waals surface area contributed by atoms with E-state index in [1.54, 1.807) is 0 Å². The molecule has 3 aliphatic rings. The molecule has 0 radical (unpaired) electrons. The Morgan fingerprint density at radius 3 is 0.714 bits per heavy atom. The summed E-state index contributed by atoms with van der Waals surface area (Å²) in [6.07, 6.45) is 1.84. The molecule has 0 bridgehead atoms. The van der Waals surface area contributed by atoms with Gasteiger partial charge in [0.1, 0.15) is 0 Å². The van der Waals surface area contributed by atoms with Crippen LogP contribution in [0.3, 0.4) is 0 Å². The molecule has 6 heterocycles. The predicted octanol–water partition coefficient (Wildman–Crippen LogP) is 37.1. The van der Waals surface area contributed by atoms with Crippen LogP contribution in [0.2, 0.25) is 0 Å². The van der Waals surface area contributed by atoms with Crippen molar-refractivity contribution in [2.45, 2.75) is 57.8 Å². The van der Waals surface area contributed by atoms with Crippen molar-refractivity contribution < 1.29 is 0 Å². The van der Waals surface area contributed by atoms with Gasteiger partial charge in [0.15, 0.2) is 0 Å². The first-order valence-electron chi connectivity index (χ1n) is 50.9. The van der Waals surface area contributed by atoms with E-state index >= 15 is 0 Å². The molecule has 6 nitrogen and oxygen atoms in total. The number of pyridine rings is 6. The van der Waals surface area contributed by atoms with E-state index in [-0.39, 0.29) is 16.2 Å². The molecular weight excluding hydrogens is 1780 g/mol. The molecular formula is C141H98N6. The third-order valence-electron chi connectivity index (χ3n) is 31.3. The van der Waals surface area contributed by atoms with Gasteiger partial charge in [-0.1, -0.05) is 454 Å². The fraction of sp³-hybridized carbons (Fsp3) is 0.0638. The second-order valence-corrected chi connectivity index (χ2v) is 41.0. The molecule has 3 aliphatic carbocycles. The highest BCUT2D eigenvalue weighted by Crippen LogP contribution is 2.59. The SMILES string of the molecule is CC1(C)c2ccccc2-c2c(-c3ccc(-c4ccc(-c5ccc6ccc7ccc(-c8ccccc8)nc7c6n5)cc4)cc3)cc3ccccc3c21.CC1(C)c2ccccc2-c2c(-c3cccc(-c4ccc(-c5ccc6ccc7ccc(-c8ccccc8)nc7c6n5)cc4)c3)cc3ccccc3c21.CC1(C)c2ccccc2-c2c(-c3cccc(-c4ccc(-c5ccc6ccc7cccnc7c6n5)cc4)c3)cc3ccccc3c21. The van der Waals surface area contributed by atoms with E-state index in [4.69, 9.17) is 24.9 Å². The molecule has 0 spiro atoms. The highest BCUT2D eigenvalue weighted by molar-refractivity contribution is 6.11. The average molecular weight is 1880 g/mol.